The molecule has 3 N–H and O–H groups in total. The van der Waals surface area contributed by atoms with Crippen LogP contribution in [0.25, 0.3) is 0 Å². The summed E-state index contributed by atoms with van der Waals surface area (Å²) in [6.45, 7) is 8.60. The smallest absolute Gasteiger partial charge is 0.220 e. The maximum atomic E-state index is 11.5. The third-order valence-corrected chi connectivity index (χ3v) is 2.37. The van der Waals surface area contributed by atoms with Gasteiger partial charge in [-0.1, -0.05) is 26.7 Å². The lowest BCUT2D eigenvalue weighted by Gasteiger charge is -2.20. The molecule has 0 atom stereocenters. The Morgan fingerprint density at radius 2 is 1.86 bits per heavy atom. The molecule has 0 spiro atoms. The number of hydrogen-bond donors (Lipinski definition) is 2. The summed E-state index contributed by atoms with van der Waals surface area (Å²) in [4.78, 5) is 11.5. The van der Waals surface area contributed by atoms with Crippen LogP contribution in [0.2, 0.25) is 0 Å². The van der Waals surface area contributed by atoms with Gasteiger partial charge in [0, 0.05) is 18.5 Å². The van der Waals surface area contributed by atoms with Gasteiger partial charge in [0.2, 0.25) is 5.91 Å². The van der Waals surface area contributed by atoms with Crippen LogP contribution in [-0.4, -0.2) is 18.0 Å². The number of rotatable bonds is 6. The van der Waals surface area contributed by atoms with Crippen molar-refractivity contribution >= 4 is 5.91 Å². The highest BCUT2D eigenvalue weighted by atomic mass is 16.1. The number of hydrogen-bond acceptors (Lipinski definition) is 2. The summed E-state index contributed by atoms with van der Waals surface area (Å²) in [5.74, 6) is 0.633. The molecule has 0 aromatic carbocycles. The van der Waals surface area contributed by atoms with Gasteiger partial charge in [-0.2, -0.15) is 0 Å². The molecule has 1 amide bonds. The van der Waals surface area contributed by atoms with Crippen molar-refractivity contribution in [1.82, 2.24) is 5.32 Å². The van der Waals surface area contributed by atoms with E-state index in [0.29, 0.717) is 18.9 Å². The van der Waals surface area contributed by atoms with Gasteiger partial charge in [-0.05, 0) is 19.8 Å². The van der Waals surface area contributed by atoms with Crippen molar-refractivity contribution in [3.8, 4) is 0 Å². The van der Waals surface area contributed by atoms with E-state index in [1.807, 2.05) is 13.8 Å². The average Bonchev–Trinajstić information content (AvgIpc) is 2.09. The lowest BCUT2D eigenvalue weighted by molar-refractivity contribution is -0.122. The van der Waals surface area contributed by atoms with Crippen LogP contribution in [0.15, 0.2) is 0 Å². The van der Waals surface area contributed by atoms with Gasteiger partial charge < -0.3 is 11.1 Å². The molecule has 3 heteroatoms. The molecule has 0 aliphatic carbocycles. The van der Waals surface area contributed by atoms with Crippen molar-refractivity contribution in [2.24, 2.45) is 11.7 Å². The van der Waals surface area contributed by atoms with Gasteiger partial charge in [0.15, 0.2) is 0 Å². The molecule has 0 aromatic rings. The van der Waals surface area contributed by atoms with E-state index < -0.39 is 0 Å². The Bertz CT molecular complexity index is 169. The highest BCUT2D eigenvalue weighted by molar-refractivity contribution is 5.76. The van der Waals surface area contributed by atoms with E-state index in [1.165, 1.54) is 0 Å². The van der Waals surface area contributed by atoms with Gasteiger partial charge in [-0.3, -0.25) is 4.79 Å². The van der Waals surface area contributed by atoms with Gasteiger partial charge in [-0.25, -0.2) is 0 Å². The Balaban J connectivity index is 3.75. The summed E-state index contributed by atoms with van der Waals surface area (Å²) in [6.07, 6.45) is 2.76. The molecule has 0 rings (SSSR count). The number of carbonyl (C=O) groups excluding carboxylic acids is 1. The van der Waals surface area contributed by atoms with Crippen molar-refractivity contribution < 1.29 is 4.79 Å². The van der Waals surface area contributed by atoms with Crippen LogP contribution < -0.4 is 11.1 Å². The highest BCUT2D eigenvalue weighted by Gasteiger charge is 2.14. The van der Waals surface area contributed by atoms with Crippen molar-refractivity contribution in [3.63, 3.8) is 0 Å². The summed E-state index contributed by atoms with van der Waals surface area (Å²) < 4.78 is 0. The van der Waals surface area contributed by atoms with Crippen molar-refractivity contribution in [1.29, 1.82) is 0 Å². The van der Waals surface area contributed by atoms with Crippen molar-refractivity contribution in [2.75, 3.05) is 6.54 Å². The zero-order valence-corrected chi connectivity index (χ0v) is 9.89. The van der Waals surface area contributed by atoms with Crippen LogP contribution in [0.1, 0.15) is 47.0 Å². The van der Waals surface area contributed by atoms with Crippen LogP contribution in [-0.2, 0) is 4.79 Å². The van der Waals surface area contributed by atoms with E-state index in [9.17, 15) is 4.79 Å². The minimum absolute atomic E-state index is 0.122. The van der Waals surface area contributed by atoms with Crippen LogP contribution >= 0.6 is 0 Å². The molecule has 0 aliphatic rings. The zero-order chi connectivity index (χ0) is 11.2. The lowest BCUT2D eigenvalue weighted by Crippen LogP contribution is -2.45. The Kier molecular flexibility index (Phi) is 5.77. The summed E-state index contributed by atoms with van der Waals surface area (Å²) in [7, 11) is 0. The van der Waals surface area contributed by atoms with E-state index in [-0.39, 0.29) is 11.4 Å². The summed E-state index contributed by atoms with van der Waals surface area (Å²) in [6, 6.07) is 0. The first-order valence-electron chi connectivity index (χ1n) is 5.44. The molecule has 0 fully saturated rings. The maximum Gasteiger partial charge on any atom is 0.220 e. The van der Waals surface area contributed by atoms with E-state index in [1.54, 1.807) is 0 Å². The topological polar surface area (TPSA) is 55.1 Å². The minimum atomic E-state index is -0.316. The summed E-state index contributed by atoms with van der Waals surface area (Å²) in [5, 5.41) is 2.86. The Labute approximate surface area is 87.4 Å². The molecular formula is C11H24N2O. The van der Waals surface area contributed by atoms with Gasteiger partial charge in [0.05, 0.1) is 0 Å². The Morgan fingerprint density at radius 3 is 2.21 bits per heavy atom. The number of nitrogens with one attached hydrogen (secondary N) is 1. The standard InChI is InChI=1S/C11H24N2O/c1-5-9(6-2)7-10(14)13-8-11(3,4)12/h9H,5-8,12H2,1-4H3,(H,13,14). The molecule has 0 radical (unpaired) electrons. The fourth-order valence-electron chi connectivity index (χ4n) is 1.24. The molecule has 0 saturated heterocycles. The third-order valence-electron chi connectivity index (χ3n) is 2.37. The lowest BCUT2D eigenvalue weighted by atomic mass is 9.99. The highest BCUT2D eigenvalue weighted by Crippen LogP contribution is 2.11. The second-order valence-electron chi connectivity index (χ2n) is 4.65. The summed E-state index contributed by atoms with van der Waals surface area (Å²) in [5.41, 5.74) is 5.45. The molecule has 14 heavy (non-hydrogen) atoms. The second kappa shape index (κ2) is 6.02. The number of carbonyl (C=O) groups is 1. The molecule has 0 bridgehead atoms. The first-order valence-corrected chi connectivity index (χ1v) is 5.44. The second-order valence-corrected chi connectivity index (χ2v) is 4.65. The first kappa shape index (κ1) is 13.4. The van der Waals surface area contributed by atoms with E-state index >= 15 is 0 Å². The SMILES string of the molecule is CCC(CC)CC(=O)NCC(C)(C)N. The fraction of sp³-hybridized carbons (Fsp3) is 0.909. The minimum Gasteiger partial charge on any atom is -0.354 e. The van der Waals surface area contributed by atoms with E-state index in [2.05, 4.69) is 19.2 Å². The quantitative estimate of drug-likeness (QED) is 0.685. The largest absolute Gasteiger partial charge is 0.354 e. The fourth-order valence-corrected chi connectivity index (χ4v) is 1.24. The Hall–Kier alpha value is -0.570. The molecule has 84 valence electrons. The average molecular weight is 200 g/mol. The molecule has 0 heterocycles. The van der Waals surface area contributed by atoms with Gasteiger partial charge in [0.1, 0.15) is 0 Å². The van der Waals surface area contributed by atoms with Gasteiger partial charge >= 0.3 is 0 Å². The van der Waals surface area contributed by atoms with Crippen molar-refractivity contribution in [2.45, 2.75) is 52.5 Å². The van der Waals surface area contributed by atoms with Crippen molar-refractivity contribution in [3.05, 3.63) is 0 Å². The normalized spacial score (nSPS) is 11.9. The Morgan fingerprint density at radius 1 is 1.36 bits per heavy atom. The molecule has 0 saturated carbocycles. The first-order chi connectivity index (χ1) is 6.39. The third kappa shape index (κ3) is 6.89. The molecule has 0 aliphatic heterocycles. The van der Waals surface area contributed by atoms with Crippen LogP contribution in [0.3, 0.4) is 0 Å². The van der Waals surface area contributed by atoms with Crippen LogP contribution in [0, 0.1) is 5.92 Å². The molecule has 3 nitrogen and oxygen atoms in total. The summed E-state index contributed by atoms with van der Waals surface area (Å²) >= 11 is 0. The van der Waals surface area contributed by atoms with Crippen LogP contribution in [0.4, 0.5) is 0 Å². The predicted octanol–water partition coefficient (Wildman–Crippen LogP) is 1.67. The zero-order valence-electron chi connectivity index (χ0n) is 9.89. The van der Waals surface area contributed by atoms with Gasteiger partial charge in [-0.15, -0.1) is 0 Å². The molecule has 0 aromatic heterocycles. The molecular weight excluding hydrogens is 176 g/mol. The van der Waals surface area contributed by atoms with Gasteiger partial charge in [0.25, 0.3) is 0 Å². The number of nitrogens with two attached hydrogens (primary N) is 1. The maximum absolute atomic E-state index is 11.5. The monoisotopic (exact) mass is 200 g/mol. The van der Waals surface area contributed by atoms with Crippen LogP contribution in [0.5, 0.6) is 0 Å². The molecule has 0 unspecified atom stereocenters. The van der Waals surface area contributed by atoms with E-state index in [4.69, 9.17) is 5.73 Å². The number of amides is 1. The predicted molar refractivity (Wildman–Crippen MR) is 60.0 cm³/mol. The van der Waals surface area contributed by atoms with E-state index in [0.717, 1.165) is 12.8 Å².